The summed E-state index contributed by atoms with van der Waals surface area (Å²) in [4.78, 5) is 23.0. The molecule has 33 heavy (non-hydrogen) atoms. The summed E-state index contributed by atoms with van der Waals surface area (Å²) in [6.07, 6.45) is 1.49. The van der Waals surface area contributed by atoms with Crippen molar-refractivity contribution in [1.82, 2.24) is 9.97 Å². The second-order valence-corrected chi connectivity index (χ2v) is 7.24. The predicted octanol–water partition coefficient (Wildman–Crippen LogP) is 6.30. The molecule has 2 amide bonds. The van der Waals surface area contributed by atoms with Crippen LogP contribution in [0.3, 0.4) is 0 Å². The molecule has 4 aromatic rings. The van der Waals surface area contributed by atoms with Crippen LogP contribution in [0.15, 0.2) is 91.1 Å². The second-order valence-electron chi connectivity index (χ2n) is 7.24. The van der Waals surface area contributed by atoms with Gasteiger partial charge in [-0.25, -0.2) is 23.5 Å². The van der Waals surface area contributed by atoms with Crippen molar-refractivity contribution < 1.29 is 13.6 Å². The average Bonchev–Trinajstić information content (AvgIpc) is 2.83. The number of urea groups is 1. The lowest BCUT2D eigenvalue weighted by Gasteiger charge is -2.23. The lowest BCUT2D eigenvalue weighted by atomic mass is 10.1. The van der Waals surface area contributed by atoms with Crippen molar-refractivity contribution in [3.05, 3.63) is 108 Å². The molecule has 0 fully saturated rings. The van der Waals surface area contributed by atoms with Gasteiger partial charge < -0.3 is 10.6 Å². The van der Waals surface area contributed by atoms with E-state index in [2.05, 4.69) is 20.6 Å². The molecule has 0 saturated heterocycles. The van der Waals surface area contributed by atoms with E-state index in [0.717, 1.165) is 10.5 Å². The molecule has 8 heteroatoms. The zero-order chi connectivity index (χ0) is 23.2. The van der Waals surface area contributed by atoms with E-state index >= 15 is 0 Å². The van der Waals surface area contributed by atoms with E-state index in [0.29, 0.717) is 5.69 Å². The van der Waals surface area contributed by atoms with Crippen molar-refractivity contribution in [1.29, 1.82) is 0 Å². The topological polar surface area (TPSA) is 70.2 Å². The molecule has 0 aliphatic heterocycles. The molecule has 0 aliphatic carbocycles. The molecule has 6 nitrogen and oxygen atoms in total. The quantitative estimate of drug-likeness (QED) is 0.366. The number of carbonyl (C=O) groups excluding carboxylic acids is 1. The maximum Gasteiger partial charge on any atom is 0.332 e. The number of hydrogen-bond acceptors (Lipinski definition) is 4. The van der Waals surface area contributed by atoms with Crippen LogP contribution in [0.1, 0.15) is 18.5 Å². The van der Waals surface area contributed by atoms with E-state index in [1.54, 1.807) is 6.07 Å². The highest BCUT2D eigenvalue weighted by Gasteiger charge is 2.23. The number of nitrogens with one attached hydrogen (secondary N) is 2. The van der Waals surface area contributed by atoms with Gasteiger partial charge in [-0.05, 0) is 48.9 Å². The van der Waals surface area contributed by atoms with Crippen LogP contribution in [0.2, 0.25) is 0 Å². The summed E-state index contributed by atoms with van der Waals surface area (Å²) in [7, 11) is 0. The lowest BCUT2D eigenvalue weighted by molar-refractivity contribution is 0.258. The largest absolute Gasteiger partial charge is 0.348 e. The minimum Gasteiger partial charge on any atom is -0.348 e. The van der Waals surface area contributed by atoms with Crippen LogP contribution in [0.25, 0.3) is 0 Å². The number of amides is 2. The minimum atomic E-state index is -0.660. The van der Waals surface area contributed by atoms with Crippen LogP contribution in [0, 0.1) is 11.6 Å². The van der Waals surface area contributed by atoms with Gasteiger partial charge in [-0.15, -0.1) is 0 Å². The third-order valence-electron chi connectivity index (χ3n) is 4.91. The monoisotopic (exact) mass is 445 g/mol. The Morgan fingerprint density at radius 1 is 0.909 bits per heavy atom. The Kier molecular flexibility index (Phi) is 6.54. The summed E-state index contributed by atoms with van der Waals surface area (Å²) >= 11 is 0. The molecule has 0 saturated carbocycles. The normalized spacial score (nSPS) is 11.5. The molecule has 1 aromatic heterocycles. The van der Waals surface area contributed by atoms with Crippen LogP contribution >= 0.6 is 0 Å². The van der Waals surface area contributed by atoms with Gasteiger partial charge >= 0.3 is 6.03 Å². The van der Waals surface area contributed by atoms with Crippen molar-refractivity contribution >= 4 is 29.2 Å². The van der Waals surface area contributed by atoms with Crippen LogP contribution in [0.4, 0.5) is 36.7 Å². The summed E-state index contributed by atoms with van der Waals surface area (Å²) in [6, 6.07) is 21.7. The molecular formula is C25H21F2N5O. The van der Waals surface area contributed by atoms with Crippen molar-refractivity contribution in [3.63, 3.8) is 0 Å². The molecular weight excluding hydrogens is 424 g/mol. The van der Waals surface area contributed by atoms with E-state index in [1.807, 2.05) is 37.3 Å². The number of anilines is 4. The van der Waals surface area contributed by atoms with Gasteiger partial charge in [0.05, 0.1) is 11.7 Å². The summed E-state index contributed by atoms with van der Waals surface area (Å²) in [5, 5.41) is 5.85. The molecule has 2 N–H and O–H groups in total. The highest BCUT2D eigenvalue weighted by Crippen LogP contribution is 2.28. The predicted molar refractivity (Wildman–Crippen MR) is 124 cm³/mol. The number of nitrogens with zero attached hydrogens (tertiary/aromatic N) is 3. The van der Waals surface area contributed by atoms with Gasteiger partial charge in [0.15, 0.2) is 0 Å². The van der Waals surface area contributed by atoms with E-state index in [-0.39, 0.29) is 23.5 Å². The smallest absolute Gasteiger partial charge is 0.332 e. The zero-order valence-corrected chi connectivity index (χ0v) is 17.7. The number of para-hydroxylation sites is 1. The fourth-order valence-corrected chi connectivity index (χ4v) is 3.24. The summed E-state index contributed by atoms with van der Waals surface area (Å²) in [5.74, 6) is -0.590. The SMILES string of the molecule is C[C@H](Nc1nccc(N(C(=O)Nc2ccc(F)cc2)c2ccccc2F)n1)c1ccccc1. The number of carbonyl (C=O) groups is 1. The molecule has 1 atom stereocenters. The summed E-state index contributed by atoms with van der Waals surface area (Å²) in [5.41, 5.74) is 1.40. The Balaban J connectivity index is 1.65. The van der Waals surface area contributed by atoms with E-state index in [4.69, 9.17) is 0 Å². The first-order chi connectivity index (χ1) is 16.0. The standard InChI is InChI=1S/C25H21F2N5O/c1-17(18-7-3-2-4-8-18)29-24-28-16-15-23(31-24)32(22-10-6-5-9-21(22)27)25(33)30-20-13-11-19(26)12-14-20/h2-17H,1H3,(H,30,33)(H,28,29,31)/t17-/m0/s1. The fourth-order valence-electron chi connectivity index (χ4n) is 3.24. The number of aromatic nitrogens is 2. The summed E-state index contributed by atoms with van der Waals surface area (Å²) < 4.78 is 27.9. The first kappa shape index (κ1) is 21.9. The molecule has 3 aromatic carbocycles. The molecule has 0 unspecified atom stereocenters. The Morgan fingerprint density at radius 3 is 2.33 bits per heavy atom. The Bertz CT molecular complexity index is 1240. The highest BCUT2D eigenvalue weighted by atomic mass is 19.1. The number of halogens is 2. The first-order valence-corrected chi connectivity index (χ1v) is 10.3. The molecule has 166 valence electrons. The second kappa shape index (κ2) is 9.86. The molecule has 0 spiro atoms. The van der Waals surface area contributed by atoms with E-state index < -0.39 is 17.7 Å². The van der Waals surface area contributed by atoms with Crippen molar-refractivity contribution in [2.75, 3.05) is 15.5 Å². The molecule has 1 heterocycles. The Labute approximate surface area is 189 Å². The first-order valence-electron chi connectivity index (χ1n) is 10.3. The minimum absolute atomic E-state index is 0.0119. The number of benzene rings is 3. The lowest BCUT2D eigenvalue weighted by Crippen LogP contribution is -2.32. The summed E-state index contributed by atoms with van der Waals surface area (Å²) in [6.45, 7) is 1.96. The van der Waals surface area contributed by atoms with Gasteiger partial charge in [0.1, 0.15) is 17.5 Å². The average molecular weight is 445 g/mol. The molecule has 0 bridgehead atoms. The Hall–Kier alpha value is -4.33. The van der Waals surface area contributed by atoms with Crippen LogP contribution in [-0.2, 0) is 0 Å². The van der Waals surface area contributed by atoms with Gasteiger partial charge in [0.25, 0.3) is 0 Å². The van der Waals surface area contributed by atoms with Crippen LogP contribution < -0.4 is 15.5 Å². The Morgan fingerprint density at radius 2 is 1.61 bits per heavy atom. The van der Waals surface area contributed by atoms with Crippen LogP contribution in [-0.4, -0.2) is 16.0 Å². The fraction of sp³-hybridized carbons (Fsp3) is 0.0800. The van der Waals surface area contributed by atoms with Gasteiger partial charge in [0.2, 0.25) is 5.95 Å². The maximum absolute atomic E-state index is 14.7. The van der Waals surface area contributed by atoms with E-state index in [1.165, 1.54) is 54.7 Å². The van der Waals surface area contributed by atoms with E-state index in [9.17, 15) is 13.6 Å². The van der Waals surface area contributed by atoms with Gasteiger partial charge in [-0.3, -0.25) is 0 Å². The number of hydrogen-bond donors (Lipinski definition) is 2. The third kappa shape index (κ3) is 5.30. The van der Waals surface area contributed by atoms with Crippen molar-refractivity contribution in [3.8, 4) is 0 Å². The number of rotatable bonds is 6. The van der Waals surface area contributed by atoms with Gasteiger partial charge in [-0.2, -0.15) is 4.98 Å². The molecule has 0 aliphatic rings. The van der Waals surface area contributed by atoms with Gasteiger partial charge in [-0.1, -0.05) is 42.5 Å². The van der Waals surface area contributed by atoms with Gasteiger partial charge in [0, 0.05) is 18.0 Å². The van der Waals surface area contributed by atoms with Crippen LogP contribution in [0.5, 0.6) is 0 Å². The van der Waals surface area contributed by atoms with Crippen molar-refractivity contribution in [2.24, 2.45) is 0 Å². The third-order valence-corrected chi connectivity index (χ3v) is 4.91. The highest BCUT2D eigenvalue weighted by molar-refractivity contribution is 6.06. The van der Waals surface area contributed by atoms with Crippen molar-refractivity contribution in [2.45, 2.75) is 13.0 Å². The zero-order valence-electron chi connectivity index (χ0n) is 17.7. The molecule has 4 rings (SSSR count). The molecule has 0 radical (unpaired) electrons. The maximum atomic E-state index is 14.7.